The van der Waals surface area contributed by atoms with Gasteiger partial charge in [0.2, 0.25) is 0 Å². The third kappa shape index (κ3) is 3.22. The van der Waals surface area contributed by atoms with E-state index in [1.165, 1.54) is 0 Å². The fourth-order valence-electron chi connectivity index (χ4n) is 1.57. The second-order valence-electron chi connectivity index (χ2n) is 3.42. The zero-order valence-corrected chi connectivity index (χ0v) is 12.4. The Bertz CT molecular complexity index is 475. The van der Waals surface area contributed by atoms with Crippen LogP contribution < -0.4 is 10.5 Å². The summed E-state index contributed by atoms with van der Waals surface area (Å²) in [6, 6.07) is 7.81. The summed E-state index contributed by atoms with van der Waals surface area (Å²) < 4.78 is 6.33. The van der Waals surface area contributed by atoms with E-state index in [-0.39, 0.29) is 18.4 Å². The average molecular weight is 335 g/mol. The van der Waals surface area contributed by atoms with Gasteiger partial charge in [0.15, 0.2) is 0 Å². The highest BCUT2D eigenvalue weighted by atomic mass is 79.9. The Kier molecular flexibility index (Phi) is 5.46. The molecule has 1 aromatic carbocycles. The van der Waals surface area contributed by atoms with E-state index in [9.17, 15) is 0 Å². The van der Waals surface area contributed by atoms with Crippen molar-refractivity contribution in [3.8, 4) is 5.75 Å². The molecule has 0 aliphatic carbocycles. The van der Waals surface area contributed by atoms with E-state index in [2.05, 4.69) is 21.3 Å². The molecule has 0 fully saturated rings. The molecule has 0 spiro atoms. The molecule has 0 amide bonds. The second-order valence-corrected chi connectivity index (χ2v) is 5.12. The number of benzene rings is 1. The summed E-state index contributed by atoms with van der Waals surface area (Å²) in [5.74, 6) is 0.813. The summed E-state index contributed by atoms with van der Waals surface area (Å²) in [5.41, 5.74) is 8.32. The number of halogens is 2. The van der Waals surface area contributed by atoms with E-state index in [1.807, 2.05) is 29.6 Å². The Morgan fingerprint density at radius 2 is 2.12 bits per heavy atom. The fourth-order valence-corrected chi connectivity index (χ4v) is 2.61. The van der Waals surface area contributed by atoms with Gasteiger partial charge in [0, 0.05) is 10.0 Å². The smallest absolute Gasteiger partial charge is 0.125 e. The van der Waals surface area contributed by atoms with Crippen molar-refractivity contribution in [2.75, 3.05) is 7.11 Å². The molecule has 5 heteroatoms. The van der Waals surface area contributed by atoms with Gasteiger partial charge < -0.3 is 10.5 Å². The molecule has 0 saturated heterocycles. The highest BCUT2D eigenvalue weighted by Gasteiger charge is 2.14. The molecule has 2 rings (SSSR count). The van der Waals surface area contributed by atoms with Crippen LogP contribution in [0, 0.1) is 0 Å². The molecule has 17 heavy (non-hydrogen) atoms. The Hall–Kier alpha value is -0.550. The molecule has 1 heterocycles. The third-order valence-corrected chi connectivity index (χ3v) is 3.63. The van der Waals surface area contributed by atoms with Crippen LogP contribution in [0.5, 0.6) is 5.75 Å². The van der Waals surface area contributed by atoms with Crippen LogP contribution in [0.4, 0.5) is 0 Å². The van der Waals surface area contributed by atoms with Crippen molar-refractivity contribution in [1.82, 2.24) is 0 Å². The van der Waals surface area contributed by atoms with Crippen molar-refractivity contribution in [3.05, 3.63) is 50.6 Å². The lowest BCUT2D eigenvalue weighted by Gasteiger charge is -2.15. The minimum Gasteiger partial charge on any atom is -0.496 e. The predicted octanol–water partition coefficient (Wildman–Crippen LogP) is 3.99. The summed E-state index contributed by atoms with van der Waals surface area (Å²) in [4.78, 5) is 0. The van der Waals surface area contributed by atoms with Crippen molar-refractivity contribution in [1.29, 1.82) is 0 Å². The molecule has 2 nitrogen and oxygen atoms in total. The van der Waals surface area contributed by atoms with E-state index >= 15 is 0 Å². The van der Waals surface area contributed by atoms with Crippen molar-refractivity contribution in [2.24, 2.45) is 5.73 Å². The molecule has 0 aliphatic heterocycles. The van der Waals surface area contributed by atoms with E-state index in [0.717, 1.165) is 21.3 Å². The van der Waals surface area contributed by atoms with Crippen molar-refractivity contribution in [3.63, 3.8) is 0 Å². The number of hydrogen-bond acceptors (Lipinski definition) is 3. The zero-order valence-electron chi connectivity index (χ0n) is 9.22. The quantitative estimate of drug-likeness (QED) is 0.921. The molecule has 0 saturated carbocycles. The molecule has 2 N–H and O–H groups in total. The van der Waals surface area contributed by atoms with Crippen LogP contribution in [-0.2, 0) is 0 Å². The van der Waals surface area contributed by atoms with Crippen molar-refractivity contribution in [2.45, 2.75) is 6.04 Å². The highest BCUT2D eigenvalue weighted by Crippen LogP contribution is 2.31. The van der Waals surface area contributed by atoms with Gasteiger partial charge in [-0.2, -0.15) is 11.3 Å². The number of nitrogens with two attached hydrogens (primary N) is 1. The number of rotatable bonds is 3. The van der Waals surface area contributed by atoms with Crippen LogP contribution in [-0.4, -0.2) is 7.11 Å². The first kappa shape index (κ1) is 14.5. The summed E-state index contributed by atoms with van der Waals surface area (Å²) in [7, 11) is 1.66. The first-order valence-corrected chi connectivity index (χ1v) is 6.57. The predicted molar refractivity (Wildman–Crippen MR) is 78.3 cm³/mol. The summed E-state index contributed by atoms with van der Waals surface area (Å²) in [5, 5.41) is 4.09. The van der Waals surface area contributed by atoms with E-state index < -0.39 is 0 Å². The van der Waals surface area contributed by atoms with Crippen LogP contribution in [0.15, 0.2) is 39.5 Å². The first-order valence-electron chi connectivity index (χ1n) is 4.83. The summed E-state index contributed by atoms with van der Waals surface area (Å²) in [6.07, 6.45) is 0. The minimum atomic E-state index is -0.130. The zero-order chi connectivity index (χ0) is 11.5. The maximum absolute atomic E-state index is 6.20. The SMILES string of the molecule is COc1cc(Br)ccc1[C@H](N)c1ccsc1.Cl. The van der Waals surface area contributed by atoms with Gasteiger partial charge in [0.05, 0.1) is 13.2 Å². The molecular formula is C12H13BrClNOS. The number of hydrogen-bond donors (Lipinski definition) is 1. The van der Waals surface area contributed by atoms with E-state index in [4.69, 9.17) is 10.5 Å². The maximum atomic E-state index is 6.20. The van der Waals surface area contributed by atoms with Crippen LogP contribution in [0.3, 0.4) is 0 Å². The molecule has 92 valence electrons. The Labute approximate surface area is 119 Å². The van der Waals surface area contributed by atoms with E-state index in [1.54, 1.807) is 18.4 Å². The summed E-state index contributed by atoms with van der Waals surface area (Å²) in [6.45, 7) is 0. The topological polar surface area (TPSA) is 35.2 Å². The van der Waals surface area contributed by atoms with Crippen molar-refractivity contribution >= 4 is 39.7 Å². The summed E-state index contributed by atoms with van der Waals surface area (Å²) >= 11 is 5.07. The van der Waals surface area contributed by atoms with Gasteiger partial charge in [-0.15, -0.1) is 12.4 Å². The standard InChI is InChI=1S/C12H12BrNOS.ClH/c1-15-11-6-9(13)2-3-10(11)12(14)8-4-5-16-7-8;/h2-7,12H,14H2,1H3;1H/t12-;/m1./s1. The van der Waals surface area contributed by atoms with Gasteiger partial charge in [-0.05, 0) is 34.5 Å². The lowest BCUT2D eigenvalue weighted by Crippen LogP contribution is -2.12. The number of ether oxygens (including phenoxy) is 1. The van der Waals surface area contributed by atoms with Gasteiger partial charge >= 0.3 is 0 Å². The highest BCUT2D eigenvalue weighted by molar-refractivity contribution is 9.10. The molecule has 0 aliphatic rings. The van der Waals surface area contributed by atoms with Gasteiger partial charge in [0.25, 0.3) is 0 Å². The normalized spacial score (nSPS) is 11.7. The Morgan fingerprint density at radius 3 is 2.71 bits per heavy atom. The van der Waals surface area contributed by atoms with E-state index in [0.29, 0.717) is 0 Å². The second kappa shape index (κ2) is 6.40. The van der Waals surface area contributed by atoms with Gasteiger partial charge in [-0.1, -0.05) is 22.0 Å². The van der Waals surface area contributed by atoms with Gasteiger partial charge in [-0.25, -0.2) is 0 Å². The molecule has 1 atom stereocenters. The molecule has 0 radical (unpaired) electrons. The monoisotopic (exact) mass is 333 g/mol. The Balaban J connectivity index is 0.00000144. The first-order chi connectivity index (χ1) is 7.72. The van der Waals surface area contributed by atoms with Crippen LogP contribution >= 0.6 is 39.7 Å². The molecule has 1 aromatic heterocycles. The van der Waals surface area contributed by atoms with Gasteiger partial charge in [-0.3, -0.25) is 0 Å². The lowest BCUT2D eigenvalue weighted by atomic mass is 10.0. The van der Waals surface area contributed by atoms with Crippen molar-refractivity contribution < 1.29 is 4.74 Å². The number of methoxy groups -OCH3 is 1. The maximum Gasteiger partial charge on any atom is 0.125 e. The average Bonchev–Trinajstić information content (AvgIpc) is 2.81. The largest absolute Gasteiger partial charge is 0.496 e. The van der Waals surface area contributed by atoms with Crippen LogP contribution in [0.2, 0.25) is 0 Å². The third-order valence-electron chi connectivity index (χ3n) is 2.43. The molecule has 2 aromatic rings. The van der Waals surface area contributed by atoms with Crippen LogP contribution in [0.25, 0.3) is 0 Å². The number of thiophene rings is 1. The Morgan fingerprint density at radius 1 is 1.35 bits per heavy atom. The molecule has 0 unspecified atom stereocenters. The molecular weight excluding hydrogens is 322 g/mol. The minimum absolute atomic E-state index is 0. The van der Waals surface area contributed by atoms with Gasteiger partial charge in [0.1, 0.15) is 5.75 Å². The molecule has 0 bridgehead atoms. The lowest BCUT2D eigenvalue weighted by molar-refractivity contribution is 0.407. The fraction of sp³-hybridized carbons (Fsp3) is 0.167. The van der Waals surface area contributed by atoms with Crippen LogP contribution in [0.1, 0.15) is 17.2 Å².